The topological polar surface area (TPSA) is 109 Å². The zero-order valence-electron chi connectivity index (χ0n) is 12.7. The second kappa shape index (κ2) is 7.62. The SMILES string of the molecule is O=C(O)CC1SC(=NN=Cc2ccccc2-n2cc(Br)cn2)NC1=O. The maximum atomic E-state index is 11.7. The normalized spacial score (nSPS) is 18.8. The molecule has 1 aromatic heterocycles. The van der Waals surface area contributed by atoms with Crippen molar-refractivity contribution in [3.8, 4) is 5.69 Å². The zero-order valence-corrected chi connectivity index (χ0v) is 15.1. The molecule has 0 aliphatic carbocycles. The molecule has 1 unspecified atom stereocenters. The van der Waals surface area contributed by atoms with Crippen LogP contribution in [0.4, 0.5) is 0 Å². The molecule has 0 radical (unpaired) electrons. The van der Waals surface area contributed by atoms with E-state index in [1.165, 1.54) is 0 Å². The summed E-state index contributed by atoms with van der Waals surface area (Å²) in [7, 11) is 0. The summed E-state index contributed by atoms with van der Waals surface area (Å²) in [6.07, 6.45) is 4.80. The highest BCUT2D eigenvalue weighted by Crippen LogP contribution is 2.22. The van der Waals surface area contributed by atoms with Gasteiger partial charge in [-0.1, -0.05) is 30.0 Å². The van der Waals surface area contributed by atoms with Gasteiger partial charge in [-0.15, -0.1) is 5.10 Å². The standard InChI is InChI=1S/C15H12BrN5O3S/c16-10-7-18-21(8-10)11-4-2-1-3-9(11)6-17-20-15-19-14(24)12(25-15)5-13(22)23/h1-4,6-8,12H,5H2,(H,22,23)(H,19,20,24). The Bertz CT molecular complexity index is 880. The highest BCUT2D eigenvalue weighted by Gasteiger charge is 2.32. The molecule has 2 heterocycles. The lowest BCUT2D eigenvalue weighted by atomic mass is 10.2. The maximum absolute atomic E-state index is 11.7. The van der Waals surface area contributed by atoms with Gasteiger partial charge in [-0.25, -0.2) is 4.68 Å². The van der Waals surface area contributed by atoms with Gasteiger partial charge in [0.1, 0.15) is 5.25 Å². The Morgan fingerprint density at radius 2 is 2.28 bits per heavy atom. The lowest BCUT2D eigenvalue weighted by Crippen LogP contribution is -2.26. The third-order valence-electron chi connectivity index (χ3n) is 3.22. The van der Waals surface area contributed by atoms with Gasteiger partial charge in [0.05, 0.1) is 29.0 Å². The van der Waals surface area contributed by atoms with E-state index < -0.39 is 11.2 Å². The van der Waals surface area contributed by atoms with E-state index in [1.807, 2.05) is 30.5 Å². The Balaban J connectivity index is 1.75. The molecule has 1 saturated heterocycles. The summed E-state index contributed by atoms with van der Waals surface area (Å²) in [6, 6.07) is 7.51. The Kier molecular flexibility index (Phi) is 5.29. The minimum absolute atomic E-state index is 0.254. The molecule has 1 aliphatic rings. The van der Waals surface area contributed by atoms with Gasteiger partial charge in [-0.2, -0.15) is 10.2 Å². The Morgan fingerprint density at radius 3 is 3.00 bits per heavy atom. The number of halogens is 1. The number of benzene rings is 1. The van der Waals surface area contributed by atoms with Gasteiger partial charge < -0.3 is 10.4 Å². The smallest absolute Gasteiger partial charge is 0.305 e. The van der Waals surface area contributed by atoms with Gasteiger partial charge in [-0.3, -0.25) is 9.59 Å². The molecule has 2 N–H and O–H groups in total. The zero-order chi connectivity index (χ0) is 17.8. The highest BCUT2D eigenvalue weighted by molar-refractivity contribution is 9.10. The van der Waals surface area contributed by atoms with Crippen LogP contribution in [0.2, 0.25) is 0 Å². The van der Waals surface area contributed by atoms with E-state index in [0.717, 1.165) is 27.5 Å². The van der Waals surface area contributed by atoms with E-state index in [-0.39, 0.29) is 17.5 Å². The third kappa shape index (κ3) is 4.34. The Labute approximate surface area is 155 Å². The minimum Gasteiger partial charge on any atom is -0.481 e. The molecular formula is C15H12BrN5O3S. The van der Waals surface area contributed by atoms with E-state index in [0.29, 0.717) is 0 Å². The lowest BCUT2D eigenvalue weighted by Gasteiger charge is -2.04. The summed E-state index contributed by atoms with van der Waals surface area (Å²) in [5.41, 5.74) is 1.61. The first-order valence-corrected chi connectivity index (χ1v) is 8.80. The molecule has 2 aromatic rings. The molecule has 10 heteroatoms. The Hall–Kier alpha value is -2.46. The Morgan fingerprint density at radius 1 is 1.48 bits per heavy atom. The van der Waals surface area contributed by atoms with Crippen molar-refractivity contribution < 1.29 is 14.7 Å². The summed E-state index contributed by atoms with van der Waals surface area (Å²) in [5.74, 6) is -1.40. The molecule has 1 atom stereocenters. The number of aromatic nitrogens is 2. The van der Waals surface area contributed by atoms with Crippen molar-refractivity contribution in [2.75, 3.05) is 0 Å². The van der Waals surface area contributed by atoms with Gasteiger partial charge in [-0.05, 0) is 22.0 Å². The van der Waals surface area contributed by atoms with Crippen LogP contribution in [0, 0.1) is 0 Å². The lowest BCUT2D eigenvalue weighted by molar-refractivity contribution is -0.138. The van der Waals surface area contributed by atoms with E-state index >= 15 is 0 Å². The van der Waals surface area contributed by atoms with Crippen molar-refractivity contribution in [3.05, 3.63) is 46.7 Å². The van der Waals surface area contributed by atoms with Crippen molar-refractivity contribution in [1.29, 1.82) is 0 Å². The van der Waals surface area contributed by atoms with Crippen LogP contribution in [0.3, 0.4) is 0 Å². The predicted molar refractivity (Wildman–Crippen MR) is 98.1 cm³/mol. The summed E-state index contributed by atoms with van der Waals surface area (Å²) in [4.78, 5) is 22.4. The molecule has 3 rings (SSSR count). The number of carbonyl (C=O) groups excluding carboxylic acids is 1. The summed E-state index contributed by atoms with van der Waals surface area (Å²) < 4.78 is 2.56. The first kappa shape index (κ1) is 17.4. The van der Waals surface area contributed by atoms with Crippen molar-refractivity contribution in [1.82, 2.24) is 15.1 Å². The number of carboxylic acids is 1. The molecule has 1 aromatic carbocycles. The molecule has 128 valence electrons. The molecular weight excluding hydrogens is 410 g/mol. The second-order valence-electron chi connectivity index (χ2n) is 5.01. The van der Waals surface area contributed by atoms with Crippen LogP contribution in [0.1, 0.15) is 12.0 Å². The van der Waals surface area contributed by atoms with Gasteiger partial charge in [0.15, 0.2) is 5.17 Å². The third-order valence-corrected chi connectivity index (χ3v) is 4.70. The van der Waals surface area contributed by atoms with Gasteiger partial charge in [0.25, 0.3) is 0 Å². The van der Waals surface area contributed by atoms with Gasteiger partial charge in [0, 0.05) is 11.8 Å². The molecule has 0 saturated carbocycles. The maximum Gasteiger partial charge on any atom is 0.305 e. The van der Waals surface area contributed by atoms with Crippen LogP contribution in [0.15, 0.2) is 51.3 Å². The van der Waals surface area contributed by atoms with Crippen LogP contribution >= 0.6 is 27.7 Å². The van der Waals surface area contributed by atoms with Crippen LogP contribution in [-0.4, -0.2) is 43.4 Å². The monoisotopic (exact) mass is 421 g/mol. The van der Waals surface area contributed by atoms with Gasteiger partial charge >= 0.3 is 5.97 Å². The number of hydrogen-bond acceptors (Lipinski definition) is 6. The van der Waals surface area contributed by atoms with E-state index in [4.69, 9.17) is 5.11 Å². The van der Waals surface area contributed by atoms with Crippen molar-refractivity contribution in [3.63, 3.8) is 0 Å². The fourth-order valence-corrected chi connectivity index (χ4v) is 3.33. The van der Waals surface area contributed by atoms with E-state index in [1.54, 1.807) is 17.1 Å². The first-order chi connectivity index (χ1) is 12.0. The number of amides is 1. The number of amidine groups is 1. The van der Waals surface area contributed by atoms with Crippen LogP contribution < -0.4 is 5.32 Å². The van der Waals surface area contributed by atoms with Crippen LogP contribution in [0.5, 0.6) is 0 Å². The van der Waals surface area contributed by atoms with Crippen molar-refractivity contribution >= 4 is 51.0 Å². The average Bonchev–Trinajstić information content (AvgIpc) is 3.14. The summed E-state index contributed by atoms with van der Waals surface area (Å²) >= 11 is 4.41. The molecule has 0 bridgehead atoms. The van der Waals surface area contributed by atoms with E-state index in [2.05, 4.69) is 36.5 Å². The van der Waals surface area contributed by atoms with Gasteiger partial charge in [0.2, 0.25) is 5.91 Å². The van der Waals surface area contributed by atoms with E-state index in [9.17, 15) is 9.59 Å². The number of nitrogens with one attached hydrogen (secondary N) is 1. The van der Waals surface area contributed by atoms with Crippen molar-refractivity contribution in [2.45, 2.75) is 11.7 Å². The number of hydrogen-bond donors (Lipinski definition) is 2. The van der Waals surface area contributed by atoms with Crippen molar-refractivity contribution in [2.24, 2.45) is 10.2 Å². The first-order valence-electron chi connectivity index (χ1n) is 7.13. The highest BCUT2D eigenvalue weighted by atomic mass is 79.9. The number of carbonyl (C=O) groups is 2. The summed E-state index contributed by atoms with van der Waals surface area (Å²) in [5, 5.41) is 23.1. The van der Waals surface area contributed by atoms with Crippen LogP contribution in [0.25, 0.3) is 5.69 Å². The number of para-hydroxylation sites is 1. The average molecular weight is 422 g/mol. The van der Waals surface area contributed by atoms with Crippen LogP contribution in [-0.2, 0) is 9.59 Å². The molecule has 1 aliphatic heterocycles. The fraction of sp³-hybridized carbons (Fsp3) is 0.133. The molecule has 8 nitrogen and oxygen atoms in total. The minimum atomic E-state index is -1.03. The molecule has 25 heavy (non-hydrogen) atoms. The number of rotatable bonds is 5. The second-order valence-corrected chi connectivity index (χ2v) is 7.11. The number of carboxylic acid groups (broad SMARTS) is 1. The predicted octanol–water partition coefficient (Wildman–Crippen LogP) is 2.03. The molecule has 0 spiro atoms. The quantitative estimate of drug-likeness (QED) is 0.566. The molecule has 1 amide bonds. The number of nitrogens with zero attached hydrogens (tertiary/aromatic N) is 4. The number of thioether (sulfide) groups is 1. The summed E-state index contributed by atoms with van der Waals surface area (Å²) in [6.45, 7) is 0. The number of aliphatic carboxylic acids is 1. The largest absolute Gasteiger partial charge is 0.481 e. The molecule has 1 fully saturated rings. The fourth-order valence-electron chi connectivity index (χ4n) is 2.13.